The molecular weight excluding hydrogens is 486 g/mol. The topological polar surface area (TPSA) is 161 Å². The van der Waals surface area contributed by atoms with Crippen molar-refractivity contribution >= 4 is 41.1 Å². The van der Waals surface area contributed by atoms with Gasteiger partial charge in [0.1, 0.15) is 5.75 Å². The highest BCUT2D eigenvalue weighted by molar-refractivity contribution is 6.03. The van der Waals surface area contributed by atoms with Gasteiger partial charge in [0.05, 0.1) is 11.9 Å². The highest BCUT2D eigenvalue weighted by Crippen LogP contribution is 2.26. The van der Waals surface area contributed by atoms with Crippen LogP contribution in [0.4, 0.5) is 5.82 Å². The zero-order valence-corrected chi connectivity index (χ0v) is 20.4. The number of nitrogen functional groups attached to an aromatic ring is 1. The summed E-state index contributed by atoms with van der Waals surface area (Å²) >= 11 is 0. The van der Waals surface area contributed by atoms with Gasteiger partial charge in [0.2, 0.25) is 11.6 Å². The maximum Gasteiger partial charge on any atom is 0.293 e. The van der Waals surface area contributed by atoms with Gasteiger partial charge >= 0.3 is 0 Å². The lowest BCUT2D eigenvalue weighted by Crippen LogP contribution is -2.38. The van der Waals surface area contributed by atoms with E-state index in [0.29, 0.717) is 23.8 Å². The molecule has 2 aromatic carbocycles. The number of aromatic nitrogens is 5. The van der Waals surface area contributed by atoms with Crippen molar-refractivity contribution in [3.8, 4) is 11.6 Å². The van der Waals surface area contributed by atoms with Gasteiger partial charge in [-0.15, -0.1) is 17.5 Å². The van der Waals surface area contributed by atoms with Crippen molar-refractivity contribution < 1.29 is 14.5 Å². The first-order valence-electron chi connectivity index (χ1n) is 11.3. The standard InChI is InChI=1S/C23H25N9O3.ClH/c1-14-6-4-5-11-31(14)13-18-20(26-30-32(18)22-21(24)28-35-29-22)23(34)27-25-12-17-16-8-3-2-7-15(16)9-10-19(17)33;/h2-3,7-10,12,14,33H,4-6,11,13H2,1H3,(H2,24,28)(H,27,34);1H/b25-12-;. The van der Waals surface area contributed by atoms with Crippen LogP contribution in [0.25, 0.3) is 16.6 Å². The summed E-state index contributed by atoms with van der Waals surface area (Å²) in [6, 6.07) is 11.3. The molecule has 1 fully saturated rings. The molecule has 0 spiro atoms. The predicted molar refractivity (Wildman–Crippen MR) is 135 cm³/mol. The van der Waals surface area contributed by atoms with Gasteiger partial charge in [-0.25, -0.2) is 10.1 Å². The van der Waals surface area contributed by atoms with Gasteiger partial charge < -0.3 is 10.8 Å². The Morgan fingerprint density at radius 3 is 2.89 bits per heavy atom. The minimum Gasteiger partial charge on any atom is -0.507 e. The normalized spacial score (nSPS) is 16.3. The molecule has 1 unspecified atom stereocenters. The van der Waals surface area contributed by atoms with Crippen molar-refractivity contribution in [3.63, 3.8) is 0 Å². The smallest absolute Gasteiger partial charge is 0.293 e. The van der Waals surface area contributed by atoms with Gasteiger partial charge in [0.15, 0.2) is 5.69 Å². The largest absolute Gasteiger partial charge is 0.507 e. The number of anilines is 1. The molecule has 0 bridgehead atoms. The fraction of sp³-hybridized carbons (Fsp3) is 0.304. The van der Waals surface area contributed by atoms with Gasteiger partial charge in [-0.1, -0.05) is 42.0 Å². The Morgan fingerprint density at radius 1 is 1.28 bits per heavy atom. The quantitative estimate of drug-likeness (QED) is 0.261. The average molecular weight is 512 g/mol. The van der Waals surface area contributed by atoms with E-state index < -0.39 is 5.91 Å². The summed E-state index contributed by atoms with van der Waals surface area (Å²) in [6.45, 7) is 3.45. The van der Waals surface area contributed by atoms with Crippen molar-refractivity contribution in [3.05, 3.63) is 53.3 Å². The summed E-state index contributed by atoms with van der Waals surface area (Å²) in [6.07, 6.45) is 4.71. The number of fused-ring (bicyclic) bond motifs is 1. The van der Waals surface area contributed by atoms with Crippen LogP contribution >= 0.6 is 12.4 Å². The minimum atomic E-state index is -0.554. The van der Waals surface area contributed by atoms with E-state index >= 15 is 0 Å². The van der Waals surface area contributed by atoms with Crippen LogP contribution in [0.15, 0.2) is 46.1 Å². The SMILES string of the molecule is CC1CCCCN1Cc1c(C(=O)N/N=C\c2c(O)ccc3ccccc23)nnn1-c1nonc1N.Cl. The maximum atomic E-state index is 13.1. The van der Waals surface area contributed by atoms with Crippen LogP contribution in [-0.4, -0.2) is 60.0 Å². The van der Waals surface area contributed by atoms with Gasteiger partial charge in [0, 0.05) is 18.2 Å². The Labute approximate surface area is 212 Å². The number of hydrogen-bond donors (Lipinski definition) is 3. The van der Waals surface area contributed by atoms with Gasteiger partial charge in [0.25, 0.3) is 5.91 Å². The first-order valence-corrected chi connectivity index (χ1v) is 11.3. The van der Waals surface area contributed by atoms with Crippen molar-refractivity contribution in [2.75, 3.05) is 12.3 Å². The van der Waals surface area contributed by atoms with E-state index in [1.165, 1.54) is 17.3 Å². The Hall–Kier alpha value is -4.03. The van der Waals surface area contributed by atoms with E-state index in [1.807, 2.05) is 30.3 Å². The van der Waals surface area contributed by atoms with E-state index in [4.69, 9.17) is 10.4 Å². The second-order valence-electron chi connectivity index (χ2n) is 8.50. The number of likely N-dealkylation sites (tertiary alicyclic amines) is 1. The van der Waals surface area contributed by atoms with Crippen LogP contribution in [0, 0.1) is 0 Å². The third-order valence-electron chi connectivity index (χ3n) is 6.28. The van der Waals surface area contributed by atoms with Crippen molar-refractivity contribution in [2.24, 2.45) is 5.10 Å². The van der Waals surface area contributed by atoms with Crippen molar-refractivity contribution in [1.82, 2.24) is 35.6 Å². The Kier molecular flexibility index (Phi) is 7.46. The summed E-state index contributed by atoms with van der Waals surface area (Å²) < 4.78 is 6.10. The molecule has 1 amide bonds. The molecule has 0 aliphatic carbocycles. The van der Waals surface area contributed by atoms with Crippen molar-refractivity contribution in [2.45, 2.75) is 38.8 Å². The highest BCUT2D eigenvalue weighted by atomic mass is 35.5. The first kappa shape index (κ1) is 25.1. The summed E-state index contributed by atoms with van der Waals surface area (Å²) in [7, 11) is 0. The van der Waals surface area contributed by atoms with Crippen LogP contribution in [0.5, 0.6) is 5.75 Å². The number of nitrogens with two attached hydrogens (primary N) is 1. The number of nitrogens with one attached hydrogen (secondary N) is 1. The Bertz CT molecular complexity index is 1400. The second-order valence-corrected chi connectivity index (χ2v) is 8.50. The molecule has 1 aliphatic heterocycles. The monoisotopic (exact) mass is 511 g/mol. The van der Waals surface area contributed by atoms with E-state index in [-0.39, 0.29) is 35.5 Å². The summed E-state index contributed by atoms with van der Waals surface area (Å²) in [4.78, 5) is 15.3. The number of aromatic hydroxyl groups is 1. The molecule has 4 aromatic rings. The molecule has 1 aliphatic rings. The van der Waals surface area contributed by atoms with Gasteiger partial charge in [-0.2, -0.15) is 9.78 Å². The molecule has 0 saturated carbocycles. The lowest BCUT2D eigenvalue weighted by atomic mass is 10.0. The molecule has 5 rings (SSSR count). The number of nitrogens with zero attached hydrogens (tertiary/aromatic N) is 7. The molecule has 36 heavy (non-hydrogen) atoms. The molecule has 13 heteroatoms. The van der Waals surface area contributed by atoms with E-state index in [0.717, 1.165) is 30.2 Å². The number of hydrogen-bond acceptors (Lipinski definition) is 10. The van der Waals surface area contributed by atoms with Gasteiger partial charge in [-0.05, 0) is 53.5 Å². The average Bonchev–Trinajstić information content (AvgIpc) is 3.47. The zero-order chi connectivity index (χ0) is 24.4. The Morgan fingerprint density at radius 2 is 2.11 bits per heavy atom. The number of piperidine rings is 1. The zero-order valence-electron chi connectivity index (χ0n) is 19.5. The van der Waals surface area contributed by atoms with Crippen LogP contribution in [0.1, 0.15) is 47.9 Å². The highest BCUT2D eigenvalue weighted by Gasteiger charge is 2.28. The van der Waals surface area contributed by atoms with E-state index in [1.54, 1.807) is 6.07 Å². The summed E-state index contributed by atoms with van der Waals surface area (Å²) in [5.41, 5.74) is 9.46. The molecule has 1 atom stereocenters. The second kappa shape index (κ2) is 10.7. The number of rotatable bonds is 6. The first-order chi connectivity index (χ1) is 17.0. The third-order valence-corrected chi connectivity index (χ3v) is 6.28. The number of hydrazone groups is 1. The molecule has 0 radical (unpaired) electrons. The number of carbonyl (C=O) groups is 1. The molecule has 4 N–H and O–H groups in total. The van der Waals surface area contributed by atoms with E-state index in [9.17, 15) is 9.90 Å². The number of phenols is 1. The number of amides is 1. The number of carbonyl (C=O) groups excluding carboxylic acids is 1. The fourth-order valence-corrected chi connectivity index (χ4v) is 4.34. The lowest BCUT2D eigenvalue weighted by Gasteiger charge is -2.33. The van der Waals surface area contributed by atoms with Crippen LogP contribution in [-0.2, 0) is 6.54 Å². The maximum absolute atomic E-state index is 13.1. The molecule has 12 nitrogen and oxygen atoms in total. The number of benzene rings is 2. The van der Waals surface area contributed by atoms with Crippen LogP contribution < -0.4 is 11.2 Å². The minimum absolute atomic E-state index is 0. The molecule has 1 saturated heterocycles. The summed E-state index contributed by atoms with van der Waals surface area (Å²) in [5.74, 6) is -0.289. The molecule has 188 valence electrons. The predicted octanol–water partition coefficient (Wildman–Crippen LogP) is 2.65. The fourth-order valence-electron chi connectivity index (χ4n) is 4.34. The van der Waals surface area contributed by atoms with Crippen LogP contribution in [0.2, 0.25) is 0 Å². The molecule has 2 aromatic heterocycles. The van der Waals surface area contributed by atoms with Gasteiger partial charge in [-0.3, -0.25) is 9.69 Å². The van der Waals surface area contributed by atoms with E-state index in [2.05, 4.69) is 43.0 Å². The summed E-state index contributed by atoms with van der Waals surface area (Å²) in [5, 5.41) is 31.7. The van der Waals surface area contributed by atoms with Crippen molar-refractivity contribution in [1.29, 1.82) is 0 Å². The number of halogens is 1. The van der Waals surface area contributed by atoms with Crippen LogP contribution in [0.3, 0.4) is 0 Å². The number of phenolic OH excluding ortho intramolecular Hbond substituents is 1. The Balaban J connectivity index is 0.00000304. The molecular formula is C23H26ClN9O3. The molecule has 3 heterocycles. The third kappa shape index (κ3) is 4.86. The lowest BCUT2D eigenvalue weighted by molar-refractivity contribution is 0.0945.